The van der Waals surface area contributed by atoms with Crippen LogP contribution >= 0.6 is 23.2 Å². The van der Waals surface area contributed by atoms with Gasteiger partial charge in [0.25, 0.3) is 0 Å². The van der Waals surface area contributed by atoms with E-state index < -0.39 is 0 Å². The number of halogens is 2. The van der Waals surface area contributed by atoms with Crippen LogP contribution < -0.4 is 4.74 Å². The first-order valence-corrected chi connectivity index (χ1v) is 10.8. The normalized spacial score (nSPS) is 23.5. The lowest BCUT2D eigenvalue weighted by Gasteiger charge is -2.44. The molecule has 0 radical (unpaired) electrons. The van der Waals surface area contributed by atoms with Crippen molar-refractivity contribution in [3.63, 3.8) is 0 Å². The molecule has 1 heterocycles. The molecule has 1 aliphatic rings. The highest BCUT2D eigenvalue weighted by molar-refractivity contribution is 6.42. The summed E-state index contributed by atoms with van der Waals surface area (Å²) in [5, 5.41) is 1.05. The monoisotopic (exact) mass is 417 g/mol. The Hall–Kier alpha value is -0.520. The number of nitrogens with zero attached hydrogens (tertiary/aromatic N) is 1. The summed E-state index contributed by atoms with van der Waals surface area (Å²) in [6.45, 7) is 7.72. The maximum absolute atomic E-state index is 6.08. The Labute approximate surface area is 174 Å². The van der Waals surface area contributed by atoms with Gasteiger partial charge in [0.2, 0.25) is 0 Å². The number of unbranched alkanes of at least 4 members (excludes halogenated alkanes) is 2. The maximum Gasteiger partial charge on any atom is 0.137 e. The molecule has 4 nitrogen and oxygen atoms in total. The van der Waals surface area contributed by atoms with Crippen LogP contribution in [0.4, 0.5) is 0 Å². The van der Waals surface area contributed by atoms with Gasteiger partial charge in [-0.25, -0.2) is 0 Å². The van der Waals surface area contributed by atoms with Crippen LogP contribution in [-0.4, -0.2) is 50.6 Å². The first kappa shape index (κ1) is 22.8. The second-order valence-electron chi connectivity index (χ2n) is 7.05. The minimum absolute atomic E-state index is 0.0283. The van der Waals surface area contributed by atoms with Crippen molar-refractivity contribution < 1.29 is 14.2 Å². The van der Waals surface area contributed by atoms with Crippen molar-refractivity contribution in [3.8, 4) is 5.75 Å². The van der Waals surface area contributed by atoms with E-state index in [9.17, 15) is 0 Å². The van der Waals surface area contributed by atoms with Crippen molar-refractivity contribution in [2.45, 2.75) is 58.3 Å². The average Bonchev–Trinajstić information content (AvgIpc) is 2.66. The van der Waals surface area contributed by atoms with Crippen LogP contribution in [-0.2, 0) is 9.47 Å². The Balaban J connectivity index is 1.90. The van der Waals surface area contributed by atoms with Crippen LogP contribution in [0.1, 0.15) is 46.0 Å². The number of piperidine rings is 1. The number of benzene rings is 1. The van der Waals surface area contributed by atoms with Gasteiger partial charge in [0.15, 0.2) is 0 Å². The standard InChI is InChI=1S/C21H33Cl2NO3/c1-4-6-7-12-24-13-10-16(20(25-3)21(24)26-5-2)11-14-27-17-8-9-18(22)19(23)15-17/h8-9,15-16,20-21H,4-7,10-14H2,1-3H3. The number of likely N-dealkylation sites (tertiary alicyclic amines) is 1. The summed E-state index contributed by atoms with van der Waals surface area (Å²) in [7, 11) is 1.79. The Bertz CT molecular complexity index is 558. The highest BCUT2D eigenvalue weighted by Crippen LogP contribution is 2.30. The first-order chi connectivity index (χ1) is 13.1. The molecule has 0 bridgehead atoms. The smallest absolute Gasteiger partial charge is 0.137 e. The van der Waals surface area contributed by atoms with Crippen molar-refractivity contribution in [3.05, 3.63) is 28.2 Å². The highest BCUT2D eigenvalue weighted by Gasteiger charge is 2.38. The fraction of sp³-hybridized carbons (Fsp3) is 0.714. The summed E-state index contributed by atoms with van der Waals surface area (Å²) in [6.07, 6.45) is 5.81. The third-order valence-corrected chi connectivity index (χ3v) is 5.94. The van der Waals surface area contributed by atoms with E-state index in [-0.39, 0.29) is 12.3 Å². The zero-order valence-electron chi connectivity index (χ0n) is 16.8. The zero-order valence-corrected chi connectivity index (χ0v) is 18.3. The number of ether oxygens (including phenoxy) is 3. The average molecular weight is 418 g/mol. The summed E-state index contributed by atoms with van der Waals surface area (Å²) < 4.78 is 17.8. The zero-order chi connectivity index (χ0) is 19.6. The summed E-state index contributed by atoms with van der Waals surface area (Å²) in [4.78, 5) is 2.45. The van der Waals surface area contributed by atoms with Gasteiger partial charge in [0.1, 0.15) is 12.0 Å². The summed E-state index contributed by atoms with van der Waals surface area (Å²) >= 11 is 12.0. The molecule has 0 spiro atoms. The van der Waals surface area contributed by atoms with Gasteiger partial charge in [0, 0.05) is 32.9 Å². The fourth-order valence-corrected chi connectivity index (χ4v) is 4.04. The molecule has 1 aromatic carbocycles. The van der Waals surface area contributed by atoms with Crippen molar-refractivity contribution >= 4 is 23.2 Å². The molecule has 2 rings (SSSR count). The SMILES string of the molecule is CCCCCN1CCC(CCOc2ccc(Cl)c(Cl)c2)C(OC)C1OCC. The maximum atomic E-state index is 6.08. The molecule has 154 valence electrons. The van der Waals surface area contributed by atoms with Crippen molar-refractivity contribution in [2.24, 2.45) is 5.92 Å². The lowest BCUT2D eigenvalue weighted by molar-refractivity contribution is -0.175. The molecule has 1 fully saturated rings. The fourth-order valence-electron chi connectivity index (χ4n) is 3.75. The van der Waals surface area contributed by atoms with E-state index in [1.807, 2.05) is 13.0 Å². The molecule has 1 saturated heterocycles. The van der Waals surface area contributed by atoms with Crippen LogP contribution in [0.3, 0.4) is 0 Å². The Morgan fingerprint density at radius 2 is 1.96 bits per heavy atom. The highest BCUT2D eigenvalue weighted by atomic mass is 35.5. The van der Waals surface area contributed by atoms with Gasteiger partial charge in [-0.15, -0.1) is 0 Å². The van der Waals surface area contributed by atoms with E-state index >= 15 is 0 Å². The van der Waals surface area contributed by atoms with Gasteiger partial charge in [-0.3, -0.25) is 4.90 Å². The second kappa shape index (κ2) is 12.1. The second-order valence-corrected chi connectivity index (χ2v) is 7.87. The molecule has 27 heavy (non-hydrogen) atoms. The molecular formula is C21H33Cl2NO3. The summed E-state index contributed by atoms with van der Waals surface area (Å²) in [6, 6.07) is 5.37. The minimum atomic E-state index is 0.0283. The van der Waals surface area contributed by atoms with Crippen molar-refractivity contribution in [2.75, 3.05) is 33.4 Å². The number of hydrogen-bond acceptors (Lipinski definition) is 4. The molecule has 0 N–H and O–H groups in total. The Morgan fingerprint density at radius 3 is 2.63 bits per heavy atom. The molecule has 0 aromatic heterocycles. The van der Waals surface area contributed by atoms with Crippen LogP contribution in [0, 0.1) is 5.92 Å². The van der Waals surface area contributed by atoms with Crippen LogP contribution in [0.2, 0.25) is 10.0 Å². The minimum Gasteiger partial charge on any atom is -0.494 e. The van der Waals surface area contributed by atoms with Gasteiger partial charge in [-0.2, -0.15) is 0 Å². The molecule has 1 aromatic rings. The lowest BCUT2D eigenvalue weighted by atomic mass is 9.89. The molecule has 3 unspecified atom stereocenters. The van der Waals surface area contributed by atoms with E-state index in [1.54, 1.807) is 19.2 Å². The largest absolute Gasteiger partial charge is 0.494 e. The third kappa shape index (κ3) is 6.79. The Morgan fingerprint density at radius 1 is 1.15 bits per heavy atom. The van der Waals surface area contributed by atoms with Gasteiger partial charge in [0.05, 0.1) is 22.8 Å². The van der Waals surface area contributed by atoms with Crippen LogP contribution in [0.25, 0.3) is 0 Å². The molecule has 1 aliphatic heterocycles. The first-order valence-electron chi connectivity index (χ1n) is 10.1. The van der Waals surface area contributed by atoms with Crippen molar-refractivity contribution in [1.29, 1.82) is 0 Å². The number of hydrogen-bond donors (Lipinski definition) is 0. The predicted octanol–water partition coefficient (Wildman–Crippen LogP) is 5.65. The molecule has 0 saturated carbocycles. The Kier molecular flexibility index (Phi) is 10.2. The molecule has 6 heteroatoms. The van der Waals surface area contributed by atoms with Crippen LogP contribution in [0.5, 0.6) is 5.75 Å². The van der Waals surface area contributed by atoms with E-state index in [4.69, 9.17) is 37.4 Å². The lowest BCUT2D eigenvalue weighted by Crippen LogP contribution is -2.55. The van der Waals surface area contributed by atoms with E-state index in [1.165, 1.54) is 19.3 Å². The van der Waals surface area contributed by atoms with E-state index in [0.29, 0.717) is 29.2 Å². The molecule has 0 aliphatic carbocycles. The molecule has 3 atom stereocenters. The predicted molar refractivity (Wildman–Crippen MR) is 112 cm³/mol. The number of rotatable bonds is 11. The summed E-state index contributed by atoms with van der Waals surface area (Å²) in [5.74, 6) is 1.16. The molecule has 0 amide bonds. The van der Waals surface area contributed by atoms with Crippen molar-refractivity contribution in [1.82, 2.24) is 4.90 Å². The van der Waals surface area contributed by atoms with Gasteiger partial charge in [-0.05, 0) is 44.2 Å². The van der Waals surface area contributed by atoms with Gasteiger partial charge in [-0.1, -0.05) is 43.0 Å². The number of methoxy groups -OCH3 is 1. The summed E-state index contributed by atoms with van der Waals surface area (Å²) in [5.41, 5.74) is 0. The third-order valence-electron chi connectivity index (χ3n) is 5.20. The van der Waals surface area contributed by atoms with Crippen LogP contribution in [0.15, 0.2) is 18.2 Å². The molecular weight excluding hydrogens is 385 g/mol. The quantitative estimate of drug-likeness (QED) is 0.435. The van der Waals surface area contributed by atoms with E-state index in [2.05, 4.69) is 11.8 Å². The topological polar surface area (TPSA) is 30.9 Å². The van der Waals surface area contributed by atoms with E-state index in [0.717, 1.165) is 31.7 Å². The van der Waals surface area contributed by atoms with Gasteiger partial charge >= 0.3 is 0 Å². The van der Waals surface area contributed by atoms with Gasteiger partial charge < -0.3 is 14.2 Å².